The Morgan fingerprint density at radius 2 is 2.00 bits per heavy atom. The van der Waals surface area contributed by atoms with E-state index >= 15 is 0 Å². The summed E-state index contributed by atoms with van der Waals surface area (Å²) in [5, 5.41) is 3.63. The smallest absolute Gasteiger partial charge is 0.0271 e. The zero-order valence-electron chi connectivity index (χ0n) is 13.6. The van der Waals surface area contributed by atoms with Crippen LogP contribution in [0.4, 0.5) is 0 Å². The predicted molar refractivity (Wildman–Crippen MR) is 82.5 cm³/mol. The molecular weight excluding hydrogens is 234 g/mol. The van der Waals surface area contributed by atoms with Crippen molar-refractivity contribution in [1.29, 1.82) is 0 Å². The van der Waals surface area contributed by atoms with Gasteiger partial charge in [-0.3, -0.25) is 4.90 Å². The van der Waals surface area contributed by atoms with Gasteiger partial charge in [-0.1, -0.05) is 27.2 Å². The minimum absolute atomic E-state index is 0.433. The van der Waals surface area contributed by atoms with Crippen molar-refractivity contribution in [3.63, 3.8) is 0 Å². The molecule has 1 saturated carbocycles. The van der Waals surface area contributed by atoms with E-state index in [1.807, 2.05) is 0 Å². The second-order valence-corrected chi connectivity index (χ2v) is 7.25. The zero-order valence-corrected chi connectivity index (χ0v) is 13.6. The molecule has 3 atom stereocenters. The molecule has 1 saturated heterocycles. The van der Waals surface area contributed by atoms with E-state index in [0.29, 0.717) is 11.5 Å². The number of nitrogens with one attached hydrogen (secondary N) is 1. The van der Waals surface area contributed by atoms with E-state index in [1.165, 1.54) is 45.3 Å². The lowest BCUT2D eigenvalue weighted by Gasteiger charge is -2.51. The highest BCUT2D eigenvalue weighted by Crippen LogP contribution is 2.38. The van der Waals surface area contributed by atoms with E-state index in [0.717, 1.165) is 12.1 Å². The van der Waals surface area contributed by atoms with Crippen LogP contribution in [0.25, 0.3) is 0 Å². The highest BCUT2D eigenvalue weighted by molar-refractivity contribution is 4.99. The van der Waals surface area contributed by atoms with Gasteiger partial charge in [-0.25, -0.2) is 0 Å². The number of nitrogens with zero attached hydrogens (tertiary/aromatic N) is 2. The number of piperazine rings is 1. The van der Waals surface area contributed by atoms with Crippen molar-refractivity contribution in [2.75, 3.05) is 33.7 Å². The molecule has 2 rings (SSSR count). The Bertz CT molecular complexity index is 290. The van der Waals surface area contributed by atoms with Gasteiger partial charge in [-0.2, -0.15) is 0 Å². The van der Waals surface area contributed by atoms with Crippen LogP contribution in [-0.2, 0) is 0 Å². The third-order valence-electron chi connectivity index (χ3n) is 5.61. The van der Waals surface area contributed by atoms with Gasteiger partial charge in [0.1, 0.15) is 0 Å². The standard InChI is InChI=1S/C16H33N3/c1-6-13-12-19(11-10-18(13)5)14-8-7-9-16(2,3)15(14)17-4/h13-15,17H,6-12H2,1-5H3. The lowest BCUT2D eigenvalue weighted by atomic mass is 9.70. The minimum Gasteiger partial charge on any atom is -0.315 e. The van der Waals surface area contributed by atoms with Gasteiger partial charge in [0.15, 0.2) is 0 Å². The molecule has 2 aliphatic rings. The lowest BCUT2D eigenvalue weighted by molar-refractivity contribution is 0.00408. The second-order valence-electron chi connectivity index (χ2n) is 7.25. The fourth-order valence-corrected chi connectivity index (χ4v) is 4.30. The molecule has 0 aromatic rings. The summed E-state index contributed by atoms with van der Waals surface area (Å²) in [6.07, 6.45) is 5.39. The van der Waals surface area contributed by atoms with Crippen LogP contribution in [0, 0.1) is 5.41 Å². The van der Waals surface area contributed by atoms with E-state index in [9.17, 15) is 0 Å². The van der Waals surface area contributed by atoms with Gasteiger partial charge in [0.2, 0.25) is 0 Å². The first-order chi connectivity index (χ1) is 8.99. The van der Waals surface area contributed by atoms with E-state index in [2.05, 4.69) is 50.0 Å². The maximum absolute atomic E-state index is 3.63. The predicted octanol–water partition coefficient (Wildman–Crippen LogP) is 2.18. The van der Waals surface area contributed by atoms with Crippen LogP contribution >= 0.6 is 0 Å². The van der Waals surface area contributed by atoms with Gasteiger partial charge in [-0.15, -0.1) is 0 Å². The first-order valence-electron chi connectivity index (χ1n) is 8.11. The van der Waals surface area contributed by atoms with Crippen molar-refractivity contribution < 1.29 is 0 Å². The third-order valence-corrected chi connectivity index (χ3v) is 5.61. The van der Waals surface area contributed by atoms with Crippen molar-refractivity contribution in [2.24, 2.45) is 5.41 Å². The summed E-state index contributed by atoms with van der Waals surface area (Å²) < 4.78 is 0. The molecule has 1 aliphatic heterocycles. The Kier molecular flexibility index (Phi) is 4.91. The molecule has 1 N–H and O–H groups in total. The fourth-order valence-electron chi connectivity index (χ4n) is 4.30. The molecule has 0 aromatic heterocycles. The van der Waals surface area contributed by atoms with Gasteiger partial charge in [0.05, 0.1) is 0 Å². The van der Waals surface area contributed by atoms with Crippen molar-refractivity contribution in [2.45, 2.75) is 64.6 Å². The van der Waals surface area contributed by atoms with Gasteiger partial charge in [0, 0.05) is 37.8 Å². The molecule has 0 spiro atoms. The number of rotatable bonds is 3. The van der Waals surface area contributed by atoms with Crippen LogP contribution in [0.2, 0.25) is 0 Å². The van der Waals surface area contributed by atoms with Crippen LogP contribution in [0.5, 0.6) is 0 Å². The van der Waals surface area contributed by atoms with Crippen LogP contribution in [-0.4, -0.2) is 61.7 Å². The van der Waals surface area contributed by atoms with Crippen molar-refractivity contribution in [3.8, 4) is 0 Å². The average molecular weight is 267 g/mol. The summed E-state index contributed by atoms with van der Waals surface area (Å²) in [4.78, 5) is 5.31. The third kappa shape index (κ3) is 3.14. The van der Waals surface area contributed by atoms with Gasteiger partial charge >= 0.3 is 0 Å². The molecule has 19 heavy (non-hydrogen) atoms. The molecule has 2 fully saturated rings. The van der Waals surface area contributed by atoms with Crippen LogP contribution in [0.3, 0.4) is 0 Å². The van der Waals surface area contributed by atoms with Crippen LogP contribution in [0.15, 0.2) is 0 Å². The van der Waals surface area contributed by atoms with E-state index < -0.39 is 0 Å². The fraction of sp³-hybridized carbons (Fsp3) is 1.00. The largest absolute Gasteiger partial charge is 0.315 e. The molecule has 0 radical (unpaired) electrons. The summed E-state index contributed by atoms with van der Waals surface area (Å²) in [5.74, 6) is 0. The monoisotopic (exact) mass is 267 g/mol. The molecule has 1 aliphatic carbocycles. The zero-order chi connectivity index (χ0) is 14.0. The molecular formula is C16H33N3. The molecule has 3 nitrogen and oxygen atoms in total. The number of hydrogen-bond donors (Lipinski definition) is 1. The highest BCUT2D eigenvalue weighted by atomic mass is 15.3. The Morgan fingerprint density at radius 1 is 1.26 bits per heavy atom. The summed E-state index contributed by atoms with van der Waals surface area (Å²) in [6, 6.07) is 2.12. The minimum atomic E-state index is 0.433. The second kappa shape index (κ2) is 6.11. The first kappa shape index (κ1) is 15.3. The SMILES string of the molecule is CCC1CN(C2CCCC(C)(C)C2NC)CCN1C. The average Bonchev–Trinajstić information content (AvgIpc) is 2.38. The maximum Gasteiger partial charge on any atom is 0.0271 e. The van der Waals surface area contributed by atoms with Gasteiger partial charge in [-0.05, 0) is 38.8 Å². The molecule has 3 heteroatoms. The molecule has 112 valence electrons. The van der Waals surface area contributed by atoms with Crippen molar-refractivity contribution in [1.82, 2.24) is 15.1 Å². The topological polar surface area (TPSA) is 18.5 Å². The number of likely N-dealkylation sites (N-methyl/N-ethyl adjacent to an activating group) is 2. The van der Waals surface area contributed by atoms with Gasteiger partial charge < -0.3 is 10.2 Å². The Balaban J connectivity index is 2.07. The molecule has 0 bridgehead atoms. The van der Waals surface area contributed by atoms with E-state index in [-0.39, 0.29) is 0 Å². The molecule has 0 aromatic carbocycles. The Hall–Kier alpha value is -0.120. The van der Waals surface area contributed by atoms with Crippen molar-refractivity contribution in [3.05, 3.63) is 0 Å². The summed E-state index contributed by atoms with van der Waals surface area (Å²) in [6.45, 7) is 10.9. The summed E-state index contributed by atoms with van der Waals surface area (Å²) >= 11 is 0. The Labute approximate surface area is 119 Å². The quantitative estimate of drug-likeness (QED) is 0.845. The van der Waals surface area contributed by atoms with E-state index in [1.54, 1.807) is 0 Å². The maximum atomic E-state index is 3.63. The van der Waals surface area contributed by atoms with Crippen LogP contribution in [0.1, 0.15) is 46.5 Å². The summed E-state index contributed by atoms with van der Waals surface area (Å²) in [7, 11) is 4.43. The first-order valence-corrected chi connectivity index (χ1v) is 8.11. The lowest BCUT2D eigenvalue weighted by Crippen LogP contribution is -2.63. The van der Waals surface area contributed by atoms with Gasteiger partial charge in [0.25, 0.3) is 0 Å². The summed E-state index contributed by atoms with van der Waals surface area (Å²) in [5.41, 5.74) is 0.433. The van der Waals surface area contributed by atoms with Crippen molar-refractivity contribution >= 4 is 0 Å². The molecule has 0 amide bonds. The van der Waals surface area contributed by atoms with E-state index in [4.69, 9.17) is 0 Å². The molecule has 1 heterocycles. The highest BCUT2D eigenvalue weighted by Gasteiger charge is 2.41. The Morgan fingerprint density at radius 3 is 2.63 bits per heavy atom. The normalized spacial score (nSPS) is 37.4. The molecule has 3 unspecified atom stereocenters. The van der Waals surface area contributed by atoms with Crippen LogP contribution < -0.4 is 5.32 Å². The number of hydrogen-bond acceptors (Lipinski definition) is 3.